The molecule has 0 amide bonds. The van der Waals surface area contributed by atoms with Crippen LogP contribution in [0.2, 0.25) is 0 Å². The Morgan fingerprint density at radius 1 is 1.18 bits per heavy atom. The van der Waals surface area contributed by atoms with Gasteiger partial charge < -0.3 is 15.0 Å². The molecule has 0 spiro atoms. The summed E-state index contributed by atoms with van der Waals surface area (Å²) in [6, 6.07) is 14.8. The molecule has 4 aromatic rings. The maximum atomic E-state index is 9.18. The molecule has 170 valence electrons. The van der Waals surface area contributed by atoms with Gasteiger partial charge in [-0.3, -0.25) is 4.98 Å². The Morgan fingerprint density at radius 3 is 2.74 bits per heavy atom. The number of rotatable bonds is 6. The molecule has 34 heavy (non-hydrogen) atoms. The molecule has 1 atom stereocenters. The fraction of sp³-hybridized carbons (Fsp3) is 0.240. The lowest BCUT2D eigenvalue weighted by Gasteiger charge is -2.26. The molecule has 0 bridgehead atoms. The number of hydrogen-bond donors (Lipinski definition) is 1. The van der Waals surface area contributed by atoms with Crippen LogP contribution in [0.15, 0.2) is 55.0 Å². The number of pyridine rings is 1. The smallest absolute Gasteiger partial charge is 0.228 e. The number of hydrogen-bond acceptors (Lipinski definition) is 9. The molecule has 1 N–H and O–H groups in total. The van der Waals surface area contributed by atoms with E-state index in [0.717, 1.165) is 24.9 Å². The second-order valence-electron chi connectivity index (χ2n) is 8.02. The normalized spacial score (nSPS) is 15.2. The van der Waals surface area contributed by atoms with Crippen LogP contribution in [0.3, 0.4) is 0 Å². The SMILES string of the molecule is COc1c(Nc2ncc(C#N)s2)nc(N2CCCC2c2ccc(C)cc2)nc1-c1cccnc1. The molecule has 1 fully saturated rings. The van der Waals surface area contributed by atoms with Crippen LogP contribution < -0.4 is 15.0 Å². The Balaban J connectivity index is 1.61. The van der Waals surface area contributed by atoms with Crippen LogP contribution >= 0.6 is 11.3 Å². The van der Waals surface area contributed by atoms with Gasteiger partial charge in [-0.25, -0.2) is 9.97 Å². The topological polar surface area (TPSA) is 99.8 Å². The fourth-order valence-electron chi connectivity index (χ4n) is 4.17. The van der Waals surface area contributed by atoms with Gasteiger partial charge in [0.2, 0.25) is 5.95 Å². The van der Waals surface area contributed by atoms with Crippen LogP contribution in [-0.2, 0) is 0 Å². The molecule has 3 aromatic heterocycles. The van der Waals surface area contributed by atoms with E-state index >= 15 is 0 Å². The molecular formula is C25H23N7OS. The number of methoxy groups -OCH3 is 1. The standard InChI is InChI=1S/C25H23N7OS/c1-16-7-9-17(10-8-16)20-6-4-12-32(20)24-29-21(18-5-3-11-27-14-18)22(33-2)23(30-24)31-25-28-15-19(13-26)34-25/h3,5,7-11,14-15,20H,4,6,12H2,1-2H3,(H,28,29,30,31). The molecule has 1 unspecified atom stereocenters. The van der Waals surface area contributed by atoms with Crippen molar-refractivity contribution in [1.29, 1.82) is 5.26 Å². The van der Waals surface area contributed by atoms with Crippen molar-refractivity contribution in [1.82, 2.24) is 19.9 Å². The summed E-state index contributed by atoms with van der Waals surface area (Å²) < 4.78 is 5.76. The van der Waals surface area contributed by atoms with E-state index in [1.165, 1.54) is 28.7 Å². The predicted molar refractivity (Wildman–Crippen MR) is 132 cm³/mol. The molecular weight excluding hydrogens is 446 g/mol. The third kappa shape index (κ3) is 4.28. The van der Waals surface area contributed by atoms with E-state index in [1.807, 2.05) is 12.1 Å². The summed E-state index contributed by atoms with van der Waals surface area (Å²) in [5.74, 6) is 1.61. The first kappa shape index (κ1) is 21.8. The first-order chi connectivity index (χ1) is 16.7. The summed E-state index contributed by atoms with van der Waals surface area (Å²) in [6.07, 6.45) is 7.11. The van der Waals surface area contributed by atoms with Gasteiger partial charge in [-0.2, -0.15) is 10.2 Å². The van der Waals surface area contributed by atoms with Crippen LogP contribution in [0.4, 0.5) is 16.9 Å². The average Bonchev–Trinajstić information content (AvgIpc) is 3.54. The van der Waals surface area contributed by atoms with Crippen LogP contribution in [0.25, 0.3) is 11.3 Å². The molecule has 9 heteroatoms. The third-order valence-corrected chi connectivity index (χ3v) is 6.62. The van der Waals surface area contributed by atoms with Crippen molar-refractivity contribution in [2.24, 2.45) is 0 Å². The molecule has 8 nitrogen and oxygen atoms in total. The highest BCUT2D eigenvalue weighted by Crippen LogP contribution is 2.41. The lowest BCUT2D eigenvalue weighted by Crippen LogP contribution is -2.25. The third-order valence-electron chi connectivity index (χ3n) is 5.81. The maximum Gasteiger partial charge on any atom is 0.228 e. The van der Waals surface area contributed by atoms with Crippen molar-refractivity contribution < 1.29 is 4.74 Å². The minimum atomic E-state index is 0.189. The van der Waals surface area contributed by atoms with Crippen molar-refractivity contribution in [3.8, 4) is 23.1 Å². The van der Waals surface area contributed by atoms with Crippen molar-refractivity contribution in [3.05, 3.63) is 71.0 Å². The number of aromatic nitrogens is 4. The maximum absolute atomic E-state index is 9.18. The number of nitriles is 1. The van der Waals surface area contributed by atoms with Gasteiger partial charge in [0.1, 0.15) is 16.6 Å². The number of benzene rings is 1. The lowest BCUT2D eigenvalue weighted by molar-refractivity contribution is 0.415. The quantitative estimate of drug-likeness (QED) is 0.408. The lowest BCUT2D eigenvalue weighted by atomic mass is 10.0. The van der Waals surface area contributed by atoms with Gasteiger partial charge in [0.05, 0.1) is 19.3 Å². The first-order valence-corrected chi connectivity index (χ1v) is 11.8. The first-order valence-electron chi connectivity index (χ1n) is 11.0. The summed E-state index contributed by atoms with van der Waals surface area (Å²) in [7, 11) is 1.59. The largest absolute Gasteiger partial charge is 0.491 e. The van der Waals surface area contributed by atoms with Gasteiger partial charge >= 0.3 is 0 Å². The zero-order valence-corrected chi connectivity index (χ0v) is 19.7. The molecule has 0 radical (unpaired) electrons. The van der Waals surface area contributed by atoms with Gasteiger partial charge in [0, 0.05) is 24.5 Å². The molecule has 1 aliphatic rings. The molecule has 5 rings (SSSR count). The van der Waals surface area contributed by atoms with Crippen LogP contribution in [-0.4, -0.2) is 33.6 Å². The van der Waals surface area contributed by atoms with Gasteiger partial charge in [0.15, 0.2) is 16.7 Å². The highest BCUT2D eigenvalue weighted by Gasteiger charge is 2.30. The van der Waals surface area contributed by atoms with E-state index in [1.54, 1.807) is 19.5 Å². The van der Waals surface area contributed by atoms with Crippen LogP contribution in [0.1, 0.15) is 34.9 Å². The van der Waals surface area contributed by atoms with E-state index in [-0.39, 0.29) is 6.04 Å². The van der Waals surface area contributed by atoms with Gasteiger partial charge in [-0.15, -0.1) is 0 Å². The molecule has 0 saturated carbocycles. The Morgan fingerprint density at radius 2 is 2.03 bits per heavy atom. The average molecular weight is 470 g/mol. The van der Waals surface area contributed by atoms with Crippen molar-refractivity contribution in [2.75, 3.05) is 23.9 Å². The summed E-state index contributed by atoms with van der Waals surface area (Å²) in [5, 5.41) is 13.0. The summed E-state index contributed by atoms with van der Waals surface area (Å²) in [6.45, 7) is 2.95. The number of ether oxygens (including phenoxy) is 1. The number of anilines is 3. The summed E-state index contributed by atoms with van der Waals surface area (Å²) in [4.78, 5) is 21.2. The van der Waals surface area contributed by atoms with E-state index in [2.05, 4.69) is 57.4 Å². The van der Waals surface area contributed by atoms with Crippen LogP contribution in [0, 0.1) is 18.3 Å². The summed E-state index contributed by atoms with van der Waals surface area (Å²) in [5.41, 5.74) is 3.96. The van der Waals surface area contributed by atoms with E-state index < -0.39 is 0 Å². The van der Waals surface area contributed by atoms with Gasteiger partial charge in [0.25, 0.3) is 0 Å². The Kier molecular flexibility index (Phi) is 6.06. The number of nitrogens with one attached hydrogen (secondary N) is 1. The Labute approximate surface area is 201 Å². The molecule has 1 saturated heterocycles. The fourth-order valence-corrected chi connectivity index (χ4v) is 4.78. The molecule has 1 aliphatic heterocycles. The highest BCUT2D eigenvalue weighted by molar-refractivity contribution is 7.16. The molecule has 1 aromatic carbocycles. The van der Waals surface area contributed by atoms with Gasteiger partial charge in [-0.05, 0) is 37.5 Å². The van der Waals surface area contributed by atoms with Crippen molar-refractivity contribution in [3.63, 3.8) is 0 Å². The van der Waals surface area contributed by atoms with Crippen molar-refractivity contribution in [2.45, 2.75) is 25.8 Å². The zero-order chi connectivity index (χ0) is 23.5. The van der Waals surface area contributed by atoms with Gasteiger partial charge in [-0.1, -0.05) is 41.2 Å². The van der Waals surface area contributed by atoms with E-state index in [4.69, 9.17) is 14.7 Å². The number of thiazole rings is 1. The zero-order valence-electron chi connectivity index (χ0n) is 18.9. The highest BCUT2D eigenvalue weighted by atomic mass is 32.1. The Hall–Kier alpha value is -4.03. The molecule has 4 heterocycles. The minimum Gasteiger partial charge on any atom is -0.491 e. The number of nitrogens with zero attached hydrogens (tertiary/aromatic N) is 6. The summed E-state index contributed by atoms with van der Waals surface area (Å²) >= 11 is 1.26. The second kappa shape index (κ2) is 9.45. The monoisotopic (exact) mass is 469 g/mol. The predicted octanol–water partition coefficient (Wildman–Crippen LogP) is 5.27. The molecule has 0 aliphatic carbocycles. The number of aryl methyl sites for hydroxylation is 1. The van der Waals surface area contributed by atoms with Crippen LogP contribution in [0.5, 0.6) is 5.75 Å². The second-order valence-corrected chi connectivity index (χ2v) is 9.05. The Bertz CT molecular complexity index is 1330. The van der Waals surface area contributed by atoms with Crippen molar-refractivity contribution >= 4 is 28.2 Å². The van der Waals surface area contributed by atoms with E-state index in [0.29, 0.717) is 33.2 Å². The van der Waals surface area contributed by atoms with E-state index in [9.17, 15) is 5.26 Å². The minimum absolute atomic E-state index is 0.189.